The summed E-state index contributed by atoms with van der Waals surface area (Å²) in [4.78, 5) is 17.4. The number of methoxy groups -OCH3 is 1. The molecule has 0 aromatic carbocycles. The highest BCUT2D eigenvalue weighted by molar-refractivity contribution is 5.41. The summed E-state index contributed by atoms with van der Waals surface area (Å²) >= 11 is 0. The molecular weight excluding hydrogens is 330 g/mol. The second-order valence-electron chi connectivity index (χ2n) is 6.91. The number of hydrogen-bond acceptors (Lipinski definition) is 7. The quantitative estimate of drug-likeness (QED) is 0.825. The van der Waals surface area contributed by atoms with Gasteiger partial charge in [0.25, 0.3) is 0 Å². The van der Waals surface area contributed by atoms with Crippen molar-refractivity contribution in [2.24, 2.45) is 5.92 Å². The molecule has 7 heteroatoms. The van der Waals surface area contributed by atoms with Crippen molar-refractivity contribution < 1.29 is 9.47 Å². The van der Waals surface area contributed by atoms with Crippen LogP contribution in [0.1, 0.15) is 12.0 Å². The molecule has 2 aliphatic rings. The van der Waals surface area contributed by atoms with Gasteiger partial charge in [0.1, 0.15) is 12.1 Å². The normalized spacial score (nSPS) is 24.0. The highest BCUT2D eigenvalue weighted by atomic mass is 16.5. The van der Waals surface area contributed by atoms with Crippen molar-refractivity contribution in [2.45, 2.75) is 19.1 Å². The number of aromatic nitrogens is 3. The van der Waals surface area contributed by atoms with Crippen molar-refractivity contribution in [3.05, 3.63) is 42.5 Å². The Morgan fingerprint density at radius 2 is 2.08 bits per heavy atom. The van der Waals surface area contributed by atoms with Crippen molar-refractivity contribution in [1.82, 2.24) is 19.9 Å². The Labute approximate surface area is 154 Å². The van der Waals surface area contributed by atoms with Crippen LogP contribution < -0.4 is 9.64 Å². The summed E-state index contributed by atoms with van der Waals surface area (Å²) < 4.78 is 11.4. The molecule has 0 unspecified atom stereocenters. The highest BCUT2D eigenvalue weighted by Crippen LogP contribution is 2.28. The van der Waals surface area contributed by atoms with Crippen molar-refractivity contribution in [3.8, 4) is 5.88 Å². The minimum absolute atomic E-state index is 0.243. The topological polar surface area (TPSA) is 63.6 Å². The number of ether oxygens (including phenoxy) is 2. The highest BCUT2D eigenvalue weighted by Gasteiger charge is 2.34. The van der Waals surface area contributed by atoms with Crippen LogP contribution in [0.25, 0.3) is 0 Å². The van der Waals surface area contributed by atoms with Crippen LogP contribution in [0.3, 0.4) is 0 Å². The first-order chi connectivity index (χ1) is 12.8. The summed E-state index contributed by atoms with van der Waals surface area (Å²) in [5.41, 5.74) is 1.31. The van der Waals surface area contributed by atoms with Crippen LogP contribution in [0.5, 0.6) is 5.88 Å². The third-order valence-corrected chi connectivity index (χ3v) is 5.24. The van der Waals surface area contributed by atoms with Gasteiger partial charge in [0.05, 0.1) is 19.8 Å². The van der Waals surface area contributed by atoms with E-state index < -0.39 is 0 Å². The lowest BCUT2D eigenvalue weighted by atomic mass is 9.93. The number of fused-ring (bicyclic) bond motifs is 1. The lowest BCUT2D eigenvalue weighted by Gasteiger charge is -2.38. The number of piperidine rings is 1. The molecule has 4 rings (SSSR count). The maximum atomic E-state index is 6.21. The molecule has 2 aliphatic heterocycles. The van der Waals surface area contributed by atoms with Gasteiger partial charge in [-0.2, -0.15) is 0 Å². The molecule has 0 saturated carbocycles. The third kappa shape index (κ3) is 3.94. The van der Waals surface area contributed by atoms with Crippen LogP contribution in [-0.2, 0) is 11.3 Å². The van der Waals surface area contributed by atoms with Gasteiger partial charge >= 0.3 is 0 Å². The van der Waals surface area contributed by atoms with Crippen LogP contribution in [0.15, 0.2) is 36.9 Å². The van der Waals surface area contributed by atoms with Crippen LogP contribution >= 0.6 is 0 Å². The molecule has 26 heavy (non-hydrogen) atoms. The molecule has 0 aliphatic carbocycles. The summed E-state index contributed by atoms with van der Waals surface area (Å²) in [5, 5.41) is 0. The predicted molar refractivity (Wildman–Crippen MR) is 98.2 cm³/mol. The first-order valence-electron chi connectivity index (χ1n) is 9.15. The number of hydrogen-bond donors (Lipinski definition) is 0. The monoisotopic (exact) mass is 355 g/mol. The second-order valence-corrected chi connectivity index (χ2v) is 6.91. The predicted octanol–water partition coefficient (Wildman–Crippen LogP) is 1.61. The van der Waals surface area contributed by atoms with E-state index in [4.69, 9.17) is 9.47 Å². The Kier molecular flexibility index (Phi) is 5.26. The molecule has 2 aromatic rings. The Morgan fingerprint density at radius 3 is 2.92 bits per heavy atom. The van der Waals surface area contributed by atoms with Crippen LogP contribution in [0, 0.1) is 5.92 Å². The van der Waals surface area contributed by atoms with E-state index in [1.54, 1.807) is 13.4 Å². The van der Waals surface area contributed by atoms with Gasteiger partial charge in [-0.25, -0.2) is 9.97 Å². The summed E-state index contributed by atoms with van der Waals surface area (Å²) in [6.07, 6.45) is 6.63. The zero-order chi connectivity index (χ0) is 17.8. The standard InChI is InChI=1S/C19H25N5O2/c1-25-19-10-18(21-14-22-19)24-7-4-16-12-23(8-9-26-17(16)13-24)11-15-2-5-20-6-3-15/h2-3,5-6,10,14,16-17H,4,7-9,11-13H2,1H3/t16-,17-/m1/s1. The molecule has 2 saturated heterocycles. The maximum absolute atomic E-state index is 6.21. The van der Waals surface area contributed by atoms with E-state index in [2.05, 4.69) is 36.9 Å². The van der Waals surface area contributed by atoms with E-state index in [1.807, 2.05) is 18.5 Å². The summed E-state index contributed by atoms with van der Waals surface area (Å²) in [7, 11) is 1.63. The molecule has 2 aromatic heterocycles. The van der Waals surface area contributed by atoms with Gasteiger partial charge in [0.2, 0.25) is 5.88 Å². The number of anilines is 1. The Balaban J connectivity index is 1.40. The zero-order valence-electron chi connectivity index (χ0n) is 15.1. The first-order valence-corrected chi connectivity index (χ1v) is 9.15. The fourth-order valence-corrected chi connectivity index (χ4v) is 3.83. The first kappa shape index (κ1) is 17.2. The van der Waals surface area contributed by atoms with Crippen LogP contribution in [-0.4, -0.2) is 65.9 Å². The molecule has 0 N–H and O–H groups in total. The van der Waals surface area contributed by atoms with Gasteiger partial charge in [0, 0.05) is 57.1 Å². The van der Waals surface area contributed by atoms with Crippen molar-refractivity contribution in [2.75, 3.05) is 44.8 Å². The van der Waals surface area contributed by atoms with Crippen molar-refractivity contribution >= 4 is 5.82 Å². The fourth-order valence-electron chi connectivity index (χ4n) is 3.83. The van der Waals surface area contributed by atoms with Crippen LogP contribution in [0.2, 0.25) is 0 Å². The van der Waals surface area contributed by atoms with E-state index in [1.165, 1.54) is 5.56 Å². The van der Waals surface area contributed by atoms with Crippen molar-refractivity contribution in [3.63, 3.8) is 0 Å². The molecule has 7 nitrogen and oxygen atoms in total. The van der Waals surface area contributed by atoms with E-state index in [0.717, 1.165) is 51.6 Å². The van der Waals surface area contributed by atoms with E-state index >= 15 is 0 Å². The molecule has 2 atom stereocenters. The molecule has 0 amide bonds. The lowest BCUT2D eigenvalue weighted by Crippen LogP contribution is -2.47. The van der Waals surface area contributed by atoms with Gasteiger partial charge in [-0.15, -0.1) is 0 Å². The van der Waals surface area contributed by atoms with Gasteiger partial charge in [-0.3, -0.25) is 9.88 Å². The molecule has 138 valence electrons. The third-order valence-electron chi connectivity index (χ3n) is 5.24. The molecule has 0 radical (unpaired) electrons. The minimum Gasteiger partial charge on any atom is -0.481 e. The average Bonchev–Trinajstić information content (AvgIpc) is 2.90. The molecule has 2 fully saturated rings. The van der Waals surface area contributed by atoms with Crippen LogP contribution in [0.4, 0.5) is 5.82 Å². The smallest absolute Gasteiger partial charge is 0.218 e. The van der Waals surface area contributed by atoms with Gasteiger partial charge in [-0.1, -0.05) is 0 Å². The Morgan fingerprint density at radius 1 is 1.19 bits per heavy atom. The minimum atomic E-state index is 0.243. The number of nitrogens with zero attached hydrogens (tertiary/aromatic N) is 5. The SMILES string of the molecule is COc1cc(N2CC[C@@H]3CN(Cc4ccncc4)CCO[C@@H]3C2)ncn1. The molecule has 0 bridgehead atoms. The fraction of sp³-hybridized carbons (Fsp3) is 0.526. The summed E-state index contributed by atoms with van der Waals surface area (Å²) in [6, 6.07) is 6.08. The van der Waals surface area contributed by atoms with Gasteiger partial charge in [-0.05, 0) is 24.1 Å². The maximum Gasteiger partial charge on any atom is 0.218 e. The largest absolute Gasteiger partial charge is 0.481 e. The van der Waals surface area contributed by atoms with E-state index in [-0.39, 0.29) is 6.10 Å². The van der Waals surface area contributed by atoms with E-state index in [0.29, 0.717) is 11.8 Å². The Hall–Kier alpha value is -2.25. The summed E-state index contributed by atoms with van der Waals surface area (Å²) in [6.45, 7) is 5.63. The zero-order valence-corrected chi connectivity index (χ0v) is 15.1. The second kappa shape index (κ2) is 7.97. The Bertz CT molecular complexity index is 714. The molecule has 4 heterocycles. The number of rotatable bonds is 4. The van der Waals surface area contributed by atoms with Gasteiger partial charge in [0.15, 0.2) is 0 Å². The van der Waals surface area contributed by atoms with E-state index in [9.17, 15) is 0 Å². The average molecular weight is 355 g/mol. The molecule has 0 spiro atoms. The van der Waals surface area contributed by atoms with Gasteiger partial charge < -0.3 is 14.4 Å². The van der Waals surface area contributed by atoms with Crippen molar-refractivity contribution in [1.29, 1.82) is 0 Å². The number of pyridine rings is 1. The lowest BCUT2D eigenvalue weighted by molar-refractivity contribution is 0.0251. The summed E-state index contributed by atoms with van der Waals surface area (Å²) in [5.74, 6) is 2.07. The molecular formula is C19H25N5O2.